The van der Waals surface area contributed by atoms with Crippen molar-refractivity contribution in [1.29, 1.82) is 0 Å². The largest absolute Gasteiger partial charge is 0.508 e. The molecule has 0 bridgehead atoms. The van der Waals surface area contributed by atoms with E-state index < -0.39 is 0 Å². The van der Waals surface area contributed by atoms with E-state index in [0.29, 0.717) is 6.54 Å². The Morgan fingerprint density at radius 3 is 2.72 bits per heavy atom. The van der Waals surface area contributed by atoms with Crippen LogP contribution in [0.4, 0.5) is 11.5 Å². The summed E-state index contributed by atoms with van der Waals surface area (Å²) >= 11 is 0. The molecule has 1 aromatic carbocycles. The minimum Gasteiger partial charge on any atom is -0.508 e. The van der Waals surface area contributed by atoms with E-state index in [0.717, 1.165) is 22.8 Å². The normalized spacial score (nSPS) is 10.4. The van der Waals surface area contributed by atoms with Crippen LogP contribution in [0.1, 0.15) is 11.3 Å². The van der Waals surface area contributed by atoms with Gasteiger partial charge in [0.05, 0.1) is 0 Å². The number of phenolic OH excluding ortho intramolecular Hbond substituents is 1. The lowest BCUT2D eigenvalue weighted by atomic mass is 10.2. The zero-order valence-corrected chi connectivity index (χ0v) is 10.6. The number of benzene rings is 1. The first-order chi connectivity index (χ1) is 8.61. The molecule has 0 spiro atoms. The van der Waals surface area contributed by atoms with Gasteiger partial charge in [-0.05, 0) is 25.1 Å². The highest BCUT2D eigenvalue weighted by Gasteiger charge is 2.10. The first-order valence-corrected chi connectivity index (χ1v) is 5.81. The Morgan fingerprint density at radius 1 is 1.28 bits per heavy atom. The molecule has 0 saturated heterocycles. The van der Waals surface area contributed by atoms with Gasteiger partial charge >= 0.3 is 0 Å². The van der Waals surface area contributed by atoms with Gasteiger partial charge in [0.15, 0.2) is 0 Å². The van der Waals surface area contributed by atoms with Crippen molar-refractivity contribution in [3.63, 3.8) is 0 Å². The number of aromatic hydroxyl groups is 1. The third-order valence-corrected chi connectivity index (χ3v) is 2.85. The van der Waals surface area contributed by atoms with E-state index in [1.54, 1.807) is 18.2 Å². The number of anilines is 2. The van der Waals surface area contributed by atoms with Crippen molar-refractivity contribution in [1.82, 2.24) is 4.98 Å². The lowest BCUT2D eigenvalue weighted by molar-refractivity contribution is 0.475. The van der Waals surface area contributed by atoms with Gasteiger partial charge in [-0.2, -0.15) is 0 Å². The number of hydrogen-bond donors (Lipinski definition) is 2. The lowest BCUT2D eigenvalue weighted by Gasteiger charge is -2.21. The number of phenols is 1. The number of aryl methyl sites for hydroxylation is 1. The predicted octanol–water partition coefficient (Wildman–Crippen LogP) is 2.32. The lowest BCUT2D eigenvalue weighted by Crippen LogP contribution is -2.15. The maximum absolute atomic E-state index is 9.52. The van der Waals surface area contributed by atoms with E-state index in [2.05, 4.69) is 4.98 Å². The number of aromatic nitrogens is 1. The van der Waals surface area contributed by atoms with Crippen LogP contribution in [0.3, 0.4) is 0 Å². The van der Waals surface area contributed by atoms with Gasteiger partial charge in [0, 0.05) is 36.6 Å². The second kappa shape index (κ2) is 5.06. The number of nitrogens with zero attached hydrogens (tertiary/aromatic N) is 2. The van der Waals surface area contributed by atoms with Crippen LogP contribution in [0.5, 0.6) is 5.75 Å². The molecule has 0 aliphatic carbocycles. The van der Waals surface area contributed by atoms with Crippen molar-refractivity contribution in [3.8, 4) is 5.75 Å². The summed E-state index contributed by atoms with van der Waals surface area (Å²) in [5, 5.41) is 9.52. The molecule has 3 N–H and O–H groups in total. The topological polar surface area (TPSA) is 62.4 Å². The van der Waals surface area contributed by atoms with Gasteiger partial charge in [0.25, 0.3) is 0 Å². The Kier molecular flexibility index (Phi) is 3.48. The van der Waals surface area contributed by atoms with Crippen LogP contribution in [-0.4, -0.2) is 17.1 Å². The number of pyridine rings is 1. The SMILES string of the molecule is Cc1ccc(CN)c(N(C)c2cccc(O)c2)n1. The highest BCUT2D eigenvalue weighted by molar-refractivity contribution is 5.63. The minimum absolute atomic E-state index is 0.237. The summed E-state index contributed by atoms with van der Waals surface area (Å²) < 4.78 is 0. The van der Waals surface area contributed by atoms with Crippen molar-refractivity contribution < 1.29 is 5.11 Å². The molecule has 0 aliphatic rings. The summed E-state index contributed by atoms with van der Waals surface area (Å²) in [6.07, 6.45) is 0. The van der Waals surface area contributed by atoms with E-state index >= 15 is 0 Å². The van der Waals surface area contributed by atoms with Crippen LogP contribution in [0.2, 0.25) is 0 Å². The Hall–Kier alpha value is -2.07. The Morgan fingerprint density at radius 2 is 2.06 bits per heavy atom. The highest BCUT2D eigenvalue weighted by atomic mass is 16.3. The van der Waals surface area contributed by atoms with Gasteiger partial charge < -0.3 is 15.7 Å². The van der Waals surface area contributed by atoms with Crippen molar-refractivity contribution in [2.24, 2.45) is 5.73 Å². The third kappa shape index (κ3) is 2.43. The second-order valence-electron chi connectivity index (χ2n) is 4.22. The highest BCUT2D eigenvalue weighted by Crippen LogP contribution is 2.27. The molecule has 1 heterocycles. The van der Waals surface area contributed by atoms with E-state index in [-0.39, 0.29) is 5.75 Å². The standard InChI is InChI=1S/C14H17N3O/c1-10-6-7-11(9-15)14(16-10)17(2)12-4-3-5-13(18)8-12/h3-8,18H,9,15H2,1-2H3. The number of nitrogens with two attached hydrogens (primary N) is 1. The van der Waals surface area contributed by atoms with Crippen molar-refractivity contribution >= 4 is 11.5 Å². The van der Waals surface area contributed by atoms with Gasteiger partial charge in [0.1, 0.15) is 11.6 Å². The van der Waals surface area contributed by atoms with Crippen LogP contribution in [0.25, 0.3) is 0 Å². The molecular formula is C14H17N3O. The van der Waals surface area contributed by atoms with Gasteiger partial charge in [-0.25, -0.2) is 4.98 Å². The van der Waals surface area contributed by atoms with E-state index in [4.69, 9.17) is 5.73 Å². The van der Waals surface area contributed by atoms with E-state index in [9.17, 15) is 5.11 Å². The van der Waals surface area contributed by atoms with Crippen LogP contribution >= 0.6 is 0 Å². The Bertz CT molecular complexity index is 554. The zero-order valence-electron chi connectivity index (χ0n) is 10.6. The van der Waals surface area contributed by atoms with Crippen LogP contribution < -0.4 is 10.6 Å². The van der Waals surface area contributed by atoms with Gasteiger partial charge in [-0.1, -0.05) is 12.1 Å². The molecule has 94 valence electrons. The fraction of sp³-hybridized carbons (Fsp3) is 0.214. The molecule has 18 heavy (non-hydrogen) atoms. The number of hydrogen-bond acceptors (Lipinski definition) is 4. The van der Waals surface area contributed by atoms with Crippen molar-refractivity contribution in [3.05, 3.63) is 47.7 Å². The molecule has 1 aromatic heterocycles. The second-order valence-corrected chi connectivity index (χ2v) is 4.22. The quantitative estimate of drug-likeness (QED) is 0.868. The third-order valence-electron chi connectivity index (χ3n) is 2.85. The molecular weight excluding hydrogens is 226 g/mol. The van der Waals surface area contributed by atoms with Gasteiger partial charge in [0.2, 0.25) is 0 Å². The molecule has 2 rings (SSSR count). The molecule has 4 heteroatoms. The van der Waals surface area contributed by atoms with E-state index in [1.807, 2.05) is 37.1 Å². The summed E-state index contributed by atoms with van der Waals surface area (Å²) in [6.45, 7) is 2.38. The molecule has 0 amide bonds. The summed E-state index contributed by atoms with van der Waals surface area (Å²) in [6, 6.07) is 11.0. The van der Waals surface area contributed by atoms with Crippen molar-refractivity contribution in [2.75, 3.05) is 11.9 Å². The van der Waals surface area contributed by atoms with Crippen LogP contribution in [-0.2, 0) is 6.54 Å². The molecule has 0 saturated carbocycles. The fourth-order valence-corrected chi connectivity index (χ4v) is 1.85. The zero-order chi connectivity index (χ0) is 13.1. The Labute approximate surface area is 107 Å². The van der Waals surface area contributed by atoms with Gasteiger partial charge in [-0.3, -0.25) is 0 Å². The maximum Gasteiger partial charge on any atom is 0.137 e. The minimum atomic E-state index is 0.237. The van der Waals surface area contributed by atoms with Gasteiger partial charge in [-0.15, -0.1) is 0 Å². The first-order valence-electron chi connectivity index (χ1n) is 5.81. The molecule has 4 nitrogen and oxygen atoms in total. The Balaban J connectivity index is 2.44. The predicted molar refractivity (Wildman–Crippen MR) is 73.0 cm³/mol. The van der Waals surface area contributed by atoms with Crippen molar-refractivity contribution in [2.45, 2.75) is 13.5 Å². The first kappa shape index (κ1) is 12.4. The maximum atomic E-state index is 9.52. The molecule has 2 aromatic rings. The molecule has 0 radical (unpaired) electrons. The summed E-state index contributed by atoms with van der Waals surface area (Å²) in [7, 11) is 1.91. The summed E-state index contributed by atoms with van der Waals surface area (Å²) in [5.74, 6) is 1.06. The molecule has 0 fully saturated rings. The monoisotopic (exact) mass is 243 g/mol. The fourth-order valence-electron chi connectivity index (χ4n) is 1.85. The summed E-state index contributed by atoms with van der Waals surface area (Å²) in [5.41, 5.74) is 8.53. The molecule has 0 aliphatic heterocycles. The van der Waals surface area contributed by atoms with Crippen LogP contribution in [0.15, 0.2) is 36.4 Å². The molecule has 0 unspecified atom stereocenters. The van der Waals surface area contributed by atoms with Crippen LogP contribution in [0, 0.1) is 6.92 Å². The average molecular weight is 243 g/mol. The summed E-state index contributed by atoms with van der Waals surface area (Å²) in [4.78, 5) is 6.44. The smallest absolute Gasteiger partial charge is 0.137 e. The number of rotatable bonds is 3. The van der Waals surface area contributed by atoms with E-state index in [1.165, 1.54) is 0 Å². The average Bonchev–Trinajstić information content (AvgIpc) is 2.38. The molecule has 0 atom stereocenters.